The van der Waals surface area contributed by atoms with E-state index in [9.17, 15) is 4.79 Å². The smallest absolute Gasteiger partial charge is 0.277 e. The van der Waals surface area contributed by atoms with Crippen LogP contribution in [0.3, 0.4) is 0 Å². The topological polar surface area (TPSA) is 46.9 Å². The molecule has 0 unspecified atom stereocenters. The lowest BCUT2D eigenvalue weighted by Gasteiger charge is -2.07. The molecule has 0 aliphatic heterocycles. The van der Waals surface area contributed by atoms with E-state index < -0.39 is 0 Å². The Kier molecular flexibility index (Phi) is 3.83. The Hall–Kier alpha value is -1.52. The highest BCUT2D eigenvalue weighted by Gasteiger charge is 2.18. The van der Waals surface area contributed by atoms with Crippen LogP contribution in [0, 0.1) is 13.8 Å². The Morgan fingerprint density at radius 1 is 1.32 bits per heavy atom. The third-order valence-electron chi connectivity index (χ3n) is 2.92. The van der Waals surface area contributed by atoms with Gasteiger partial charge in [-0.2, -0.15) is 5.10 Å². The maximum absolute atomic E-state index is 12.1. The van der Waals surface area contributed by atoms with Gasteiger partial charge in [0.15, 0.2) is 5.69 Å². The summed E-state index contributed by atoms with van der Waals surface area (Å²) >= 11 is 12.0. The number of halogens is 2. The lowest BCUT2D eigenvalue weighted by molar-refractivity contribution is 0.102. The molecule has 1 amide bonds. The van der Waals surface area contributed by atoms with Gasteiger partial charge in [0.25, 0.3) is 5.91 Å². The third-order valence-corrected chi connectivity index (χ3v) is 3.61. The minimum atomic E-state index is -0.348. The zero-order chi connectivity index (χ0) is 14.2. The van der Waals surface area contributed by atoms with Crippen LogP contribution < -0.4 is 5.32 Å². The monoisotopic (exact) mass is 297 g/mol. The number of carbonyl (C=O) groups excluding carboxylic acids is 1. The summed E-state index contributed by atoms with van der Waals surface area (Å²) in [7, 11) is 1.74. The molecule has 6 heteroatoms. The van der Waals surface area contributed by atoms with E-state index in [4.69, 9.17) is 23.2 Å². The fourth-order valence-electron chi connectivity index (χ4n) is 1.64. The predicted octanol–water partition coefficient (Wildman–Crippen LogP) is 3.60. The molecule has 2 rings (SSSR count). The second-order valence-corrected chi connectivity index (χ2v) is 5.10. The van der Waals surface area contributed by atoms with Gasteiger partial charge in [-0.25, -0.2) is 0 Å². The molecule has 4 nitrogen and oxygen atoms in total. The molecule has 0 aliphatic rings. The van der Waals surface area contributed by atoms with E-state index in [1.807, 2.05) is 13.0 Å². The Balaban J connectivity index is 2.30. The van der Waals surface area contributed by atoms with Gasteiger partial charge in [0, 0.05) is 17.8 Å². The van der Waals surface area contributed by atoms with Crippen molar-refractivity contribution in [3.8, 4) is 0 Å². The van der Waals surface area contributed by atoms with Gasteiger partial charge in [-0.3, -0.25) is 9.48 Å². The summed E-state index contributed by atoms with van der Waals surface area (Å²) in [5.74, 6) is -0.348. The first-order valence-electron chi connectivity index (χ1n) is 5.66. The molecule has 100 valence electrons. The van der Waals surface area contributed by atoms with Crippen molar-refractivity contribution in [3.63, 3.8) is 0 Å². The van der Waals surface area contributed by atoms with E-state index in [2.05, 4.69) is 10.4 Å². The molecule has 1 heterocycles. The van der Waals surface area contributed by atoms with Crippen molar-refractivity contribution in [3.05, 3.63) is 45.2 Å². The van der Waals surface area contributed by atoms with Crippen LogP contribution in [0.1, 0.15) is 21.7 Å². The van der Waals surface area contributed by atoms with Crippen molar-refractivity contribution < 1.29 is 4.79 Å². The van der Waals surface area contributed by atoms with E-state index in [-0.39, 0.29) is 11.6 Å². The van der Waals surface area contributed by atoms with E-state index in [1.165, 1.54) is 0 Å². The number of hydrogen-bond acceptors (Lipinski definition) is 2. The fraction of sp³-hybridized carbons (Fsp3) is 0.231. The summed E-state index contributed by atoms with van der Waals surface area (Å²) < 4.78 is 1.57. The molecule has 0 aliphatic carbocycles. The summed E-state index contributed by atoms with van der Waals surface area (Å²) in [6.07, 6.45) is 0. The van der Waals surface area contributed by atoms with Gasteiger partial charge < -0.3 is 5.32 Å². The first-order chi connectivity index (χ1) is 8.90. The predicted molar refractivity (Wildman–Crippen MR) is 77.1 cm³/mol. The largest absolute Gasteiger partial charge is 0.320 e. The van der Waals surface area contributed by atoms with Gasteiger partial charge in [0.1, 0.15) is 0 Å². The molecule has 1 N–H and O–H groups in total. The van der Waals surface area contributed by atoms with Crippen LogP contribution in [0.25, 0.3) is 0 Å². The Bertz CT molecular complexity index is 650. The first kappa shape index (κ1) is 13.9. The van der Waals surface area contributed by atoms with Crippen molar-refractivity contribution in [2.75, 3.05) is 5.32 Å². The SMILES string of the molecule is Cc1ccc(Cl)cc1NC(=O)c1nn(C)c(C)c1Cl. The van der Waals surface area contributed by atoms with E-state index in [0.29, 0.717) is 15.7 Å². The van der Waals surface area contributed by atoms with Crippen LogP contribution >= 0.6 is 23.2 Å². The number of amides is 1. The third kappa shape index (κ3) is 2.74. The van der Waals surface area contributed by atoms with Crippen LogP contribution in [0.15, 0.2) is 18.2 Å². The minimum absolute atomic E-state index is 0.209. The lowest BCUT2D eigenvalue weighted by Crippen LogP contribution is -2.14. The molecule has 0 fully saturated rings. The number of rotatable bonds is 2. The zero-order valence-electron chi connectivity index (χ0n) is 10.8. The van der Waals surface area contributed by atoms with E-state index in [1.54, 1.807) is 30.8 Å². The number of nitrogens with one attached hydrogen (secondary N) is 1. The minimum Gasteiger partial charge on any atom is -0.320 e. The van der Waals surface area contributed by atoms with Crippen molar-refractivity contribution >= 4 is 34.8 Å². The summed E-state index contributed by atoms with van der Waals surface area (Å²) in [5.41, 5.74) is 2.52. The molecule has 0 atom stereocenters. The first-order valence-corrected chi connectivity index (χ1v) is 6.42. The number of nitrogens with zero attached hydrogens (tertiary/aromatic N) is 2. The molecular weight excluding hydrogens is 285 g/mol. The molecule has 19 heavy (non-hydrogen) atoms. The van der Waals surface area contributed by atoms with Crippen LogP contribution in [0.4, 0.5) is 5.69 Å². The molecule has 2 aromatic rings. The summed E-state index contributed by atoms with van der Waals surface area (Å²) in [5, 5.41) is 7.78. The quantitative estimate of drug-likeness (QED) is 0.921. The van der Waals surface area contributed by atoms with Crippen LogP contribution in [0.5, 0.6) is 0 Å². The summed E-state index contributed by atoms with van der Waals surface area (Å²) in [6, 6.07) is 5.30. The second kappa shape index (κ2) is 5.23. The Morgan fingerprint density at radius 3 is 2.58 bits per heavy atom. The van der Waals surface area contributed by atoms with E-state index >= 15 is 0 Å². The number of anilines is 1. The molecule has 1 aromatic carbocycles. The summed E-state index contributed by atoms with van der Waals surface area (Å²) in [4.78, 5) is 12.1. The highest BCUT2D eigenvalue weighted by atomic mass is 35.5. The van der Waals surface area contributed by atoms with Crippen molar-refractivity contribution in [1.29, 1.82) is 0 Å². The van der Waals surface area contributed by atoms with Crippen molar-refractivity contribution in [2.24, 2.45) is 7.05 Å². The molecule has 0 saturated heterocycles. The van der Waals surface area contributed by atoms with E-state index in [0.717, 1.165) is 11.3 Å². The standard InChI is InChI=1S/C13H13Cl2N3O/c1-7-4-5-9(14)6-10(7)16-13(19)12-11(15)8(2)18(3)17-12/h4-6H,1-3H3,(H,16,19). The van der Waals surface area contributed by atoms with Gasteiger partial charge in [-0.05, 0) is 31.5 Å². The molecule has 0 spiro atoms. The highest BCUT2D eigenvalue weighted by Crippen LogP contribution is 2.23. The van der Waals surface area contributed by atoms with Gasteiger partial charge in [0.05, 0.1) is 10.7 Å². The summed E-state index contributed by atoms with van der Waals surface area (Å²) in [6.45, 7) is 3.69. The number of benzene rings is 1. The highest BCUT2D eigenvalue weighted by molar-refractivity contribution is 6.34. The van der Waals surface area contributed by atoms with Gasteiger partial charge >= 0.3 is 0 Å². The molecule has 0 bridgehead atoms. The number of aromatic nitrogens is 2. The molecule has 0 radical (unpaired) electrons. The average Bonchev–Trinajstić information content (AvgIpc) is 2.62. The zero-order valence-corrected chi connectivity index (χ0v) is 12.3. The Morgan fingerprint density at radius 2 is 2.00 bits per heavy atom. The normalized spacial score (nSPS) is 10.6. The molecular formula is C13H13Cl2N3O. The van der Waals surface area contributed by atoms with Crippen LogP contribution in [0.2, 0.25) is 10.0 Å². The lowest BCUT2D eigenvalue weighted by atomic mass is 10.2. The van der Waals surface area contributed by atoms with Crippen molar-refractivity contribution in [1.82, 2.24) is 9.78 Å². The maximum atomic E-state index is 12.1. The second-order valence-electron chi connectivity index (χ2n) is 4.28. The van der Waals surface area contributed by atoms with Crippen molar-refractivity contribution in [2.45, 2.75) is 13.8 Å². The average molecular weight is 298 g/mol. The van der Waals surface area contributed by atoms with Gasteiger partial charge in [0.2, 0.25) is 0 Å². The molecule has 1 aromatic heterocycles. The number of aryl methyl sites for hydroxylation is 2. The fourth-order valence-corrected chi connectivity index (χ4v) is 2.06. The number of carbonyl (C=O) groups is 1. The Labute approximate surface area is 121 Å². The van der Waals surface area contributed by atoms with Gasteiger partial charge in [-0.15, -0.1) is 0 Å². The van der Waals surface area contributed by atoms with Gasteiger partial charge in [-0.1, -0.05) is 29.3 Å². The molecule has 0 saturated carbocycles. The van der Waals surface area contributed by atoms with Crippen LogP contribution in [-0.2, 0) is 7.05 Å². The maximum Gasteiger partial charge on any atom is 0.277 e. The van der Waals surface area contributed by atoms with Crippen LogP contribution in [-0.4, -0.2) is 15.7 Å². The number of hydrogen-bond donors (Lipinski definition) is 1.